The minimum absolute atomic E-state index is 0.0988. The van der Waals surface area contributed by atoms with Crippen LogP contribution in [0.3, 0.4) is 0 Å². The first kappa shape index (κ1) is 7.84. The van der Waals surface area contributed by atoms with Crippen molar-refractivity contribution >= 4 is 5.91 Å². The van der Waals surface area contributed by atoms with E-state index in [0.717, 1.165) is 18.4 Å². The normalized spacial score (nSPS) is 37.2. The molecule has 0 aromatic carbocycles. The van der Waals surface area contributed by atoms with Gasteiger partial charge in [0.25, 0.3) is 0 Å². The van der Waals surface area contributed by atoms with Crippen LogP contribution >= 0.6 is 0 Å². The van der Waals surface area contributed by atoms with Crippen molar-refractivity contribution in [1.29, 1.82) is 0 Å². The molecule has 0 heterocycles. The van der Waals surface area contributed by atoms with Crippen LogP contribution in [0.5, 0.6) is 0 Å². The Hall–Kier alpha value is -0.790. The van der Waals surface area contributed by atoms with Crippen molar-refractivity contribution in [3.05, 3.63) is 12.2 Å². The molecule has 0 unspecified atom stereocenters. The minimum atomic E-state index is 0.0988. The van der Waals surface area contributed by atoms with E-state index in [1.54, 1.807) is 6.92 Å². The summed E-state index contributed by atoms with van der Waals surface area (Å²) < 4.78 is 0. The molecule has 1 N–H and O–H groups in total. The van der Waals surface area contributed by atoms with E-state index in [0.29, 0.717) is 5.92 Å². The Morgan fingerprint density at radius 1 is 1.50 bits per heavy atom. The highest BCUT2D eigenvalue weighted by Crippen LogP contribution is 2.42. The predicted molar refractivity (Wildman–Crippen MR) is 47.5 cm³/mol. The summed E-state index contributed by atoms with van der Waals surface area (Å²) in [6.45, 7) is 2.46. The molecule has 2 aliphatic carbocycles. The fourth-order valence-electron chi connectivity index (χ4n) is 2.40. The summed E-state index contributed by atoms with van der Waals surface area (Å²) in [6, 6.07) is 0. The Kier molecular flexibility index (Phi) is 1.91. The van der Waals surface area contributed by atoms with Crippen LogP contribution in [0.1, 0.15) is 19.8 Å². The number of amides is 1. The van der Waals surface area contributed by atoms with E-state index < -0.39 is 0 Å². The summed E-state index contributed by atoms with van der Waals surface area (Å²) in [4.78, 5) is 10.7. The first-order chi connectivity index (χ1) is 5.75. The minimum Gasteiger partial charge on any atom is -0.356 e. The van der Waals surface area contributed by atoms with Gasteiger partial charge < -0.3 is 5.32 Å². The standard InChI is InChI=1S/C10H15NO/c1-7(12)11-6-10-5-8-2-3-9(10)4-8/h2-3,8-10H,4-6H2,1H3,(H,11,12)/t8-,9+,10-/m1/s1. The zero-order chi connectivity index (χ0) is 8.55. The molecule has 2 nitrogen and oxygen atoms in total. The molecule has 1 amide bonds. The second kappa shape index (κ2) is 2.92. The molecule has 1 saturated carbocycles. The van der Waals surface area contributed by atoms with Crippen LogP contribution < -0.4 is 5.32 Å². The second-order valence-electron chi connectivity index (χ2n) is 3.98. The van der Waals surface area contributed by atoms with E-state index in [1.807, 2.05) is 0 Å². The summed E-state index contributed by atoms with van der Waals surface area (Å²) in [7, 11) is 0. The van der Waals surface area contributed by atoms with Gasteiger partial charge in [-0.05, 0) is 30.6 Å². The van der Waals surface area contributed by atoms with Gasteiger partial charge in [0.05, 0.1) is 0 Å². The molecule has 12 heavy (non-hydrogen) atoms. The number of hydrogen-bond acceptors (Lipinski definition) is 1. The van der Waals surface area contributed by atoms with E-state index >= 15 is 0 Å². The topological polar surface area (TPSA) is 29.1 Å². The zero-order valence-corrected chi connectivity index (χ0v) is 7.42. The molecule has 1 fully saturated rings. The lowest BCUT2D eigenvalue weighted by Gasteiger charge is -2.17. The first-order valence-electron chi connectivity index (χ1n) is 4.68. The number of nitrogens with one attached hydrogen (secondary N) is 1. The average molecular weight is 165 g/mol. The van der Waals surface area contributed by atoms with E-state index in [1.165, 1.54) is 12.8 Å². The lowest BCUT2D eigenvalue weighted by molar-refractivity contribution is -0.119. The number of allylic oxidation sites excluding steroid dienone is 2. The lowest BCUT2D eigenvalue weighted by atomic mass is 9.94. The van der Waals surface area contributed by atoms with Crippen molar-refractivity contribution in [2.24, 2.45) is 17.8 Å². The van der Waals surface area contributed by atoms with Gasteiger partial charge in [0.15, 0.2) is 0 Å². The predicted octanol–water partition coefficient (Wildman–Crippen LogP) is 1.33. The summed E-state index contributed by atoms with van der Waals surface area (Å²) in [5.74, 6) is 2.38. The van der Waals surface area contributed by atoms with Crippen LogP contribution in [0.25, 0.3) is 0 Å². The Bertz CT molecular complexity index is 222. The first-order valence-corrected chi connectivity index (χ1v) is 4.68. The van der Waals surface area contributed by atoms with Crippen LogP contribution in [-0.2, 0) is 4.79 Å². The smallest absolute Gasteiger partial charge is 0.216 e. The van der Waals surface area contributed by atoms with E-state index in [9.17, 15) is 4.79 Å². The third-order valence-corrected chi connectivity index (χ3v) is 3.03. The molecule has 0 spiro atoms. The van der Waals surface area contributed by atoms with Gasteiger partial charge in [0, 0.05) is 13.5 Å². The third-order valence-electron chi connectivity index (χ3n) is 3.03. The van der Waals surface area contributed by atoms with Gasteiger partial charge in [-0.2, -0.15) is 0 Å². The molecule has 66 valence electrons. The Morgan fingerprint density at radius 2 is 2.33 bits per heavy atom. The Balaban J connectivity index is 1.83. The zero-order valence-electron chi connectivity index (χ0n) is 7.42. The van der Waals surface area contributed by atoms with E-state index in [2.05, 4.69) is 17.5 Å². The van der Waals surface area contributed by atoms with Gasteiger partial charge in [-0.15, -0.1) is 0 Å². The molecule has 0 radical (unpaired) electrons. The van der Waals surface area contributed by atoms with Gasteiger partial charge in [0.1, 0.15) is 0 Å². The van der Waals surface area contributed by atoms with Gasteiger partial charge in [0.2, 0.25) is 5.91 Å². The molecular weight excluding hydrogens is 150 g/mol. The van der Waals surface area contributed by atoms with E-state index in [4.69, 9.17) is 0 Å². The van der Waals surface area contributed by atoms with Crippen LogP contribution in [-0.4, -0.2) is 12.5 Å². The van der Waals surface area contributed by atoms with Crippen molar-refractivity contribution < 1.29 is 4.79 Å². The van der Waals surface area contributed by atoms with Crippen LogP contribution in [0.4, 0.5) is 0 Å². The van der Waals surface area contributed by atoms with Crippen LogP contribution in [0.15, 0.2) is 12.2 Å². The van der Waals surface area contributed by atoms with Gasteiger partial charge >= 0.3 is 0 Å². The van der Waals surface area contributed by atoms with Gasteiger partial charge in [-0.1, -0.05) is 12.2 Å². The van der Waals surface area contributed by atoms with Crippen molar-refractivity contribution in [3.63, 3.8) is 0 Å². The molecule has 0 aromatic heterocycles. The number of carbonyl (C=O) groups is 1. The third kappa shape index (κ3) is 1.38. The maximum Gasteiger partial charge on any atom is 0.216 e. The highest BCUT2D eigenvalue weighted by Gasteiger charge is 2.35. The Labute approximate surface area is 73.0 Å². The number of rotatable bonds is 2. The molecule has 0 aliphatic heterocycles. The van der Waals surface area contributed by atoms with Crippen LogP contribution in [0, 0.1) is 17.8 Å². The van der Waals surface area contributed by atoms with Crippen molar-refractivity contribution in [2.75, 3.05) is 6.54 Å². The molecule has 2 aliphatic rings. The molecule has 2 bridgehead atoms. The summed E-state index contributed by atoms with van der Waals surface area (Å²) >= 11 is 0. The quantitative estimate of drug-likeness (QED) is 0.614. The van der Waals surface area contributed by atoms with Gasteiger partial charge in [-0.3, -0.25) is 4.79 Å². The average Bonchev–Trinajstić information content (AvgIpc) is 2.60. The SMILES string of the molecule is CC(=O)NC[C@H]1C[C@@H]2C=C[C@H]1C2. The maximum atomic E-state index is 10.7. The summed E-state index contributed by atoms with van der Waals surface area (Å²) in [5.41, 5.74) is 0. The monoisotopic (exact) mass is 165 g/mol. The van der Waals surface area contributed by atoms with E-state index in [-0.39, 0.29) is 5.91 Å². The number of carbonyl (C=O) groups excluding carboxylic acids is 1. The highest BCUT2D eigenvalue weighted by atomic mass is 16.1. The summed E-state index contributed by atoms with van der Waals surface area (Å²) in [6.07, 6.45) is 7.25. The molecular formula is C10H15NO. The number of hydrogen-bond donors (Lipinski definition) is 1. The van der Waals surface area contributed by atoms with Crippen molar-refractivity contribution in [1.82, 2.24) is 5.32 Å². The largest absolute Gasteiger partial charge is 0.356 e. The molecule has 0 aromatic rings. The molecule has 3 atom stereocenters. The van der Waals surface area contributed by atoms with Crippen molar-refractivity contribution in [3.8, 4) is 0 Å². The summed E-state index contributed by atoms with van der Waals surface area (Å²) in [5, 5.41) is 2.90. The lowest BCUT2D eigenvalue weighted by Crippen LogP contribution is -2.28. The molecule has 2 rings (SSSR count). The number of fused-ring (bicyclic) bond motifs is 2. The maximum absolute atomic E-state index is 10.7. The second-order valence-corrected chi connectivity index (χ2v) is 3.98. The highest BCUT2D eigenvalue weighted by molar-refractivity contribution is 5.72. The molecule has 0 saturated heterocycles. The fourth-order valence-corrected chi connectivity index (χ4v) is 2.40. The van der Waals surface area contributed by atoms with Crippen molar-refractivity contribution in [2.45, 2.75) is 19.8 Å². The van der Waals surface area contributed by atoms with Crippen LogP contribution in [0.2, 0.25) is 0 Å². The Morgan fingerprint density at radius 3 is 2.83 bits per heavy atom. The fraction of sp³-hybridized carbons (Fsp3) is 0.700. The molecule has 2 heteroatoms. The van der Waals surface area contributed by atoms with Gasteiger partial charge in [-0.25, -0.2) is 0 Å².